The van der Waals surface area contributed by atoms with Gasteiger partial charge in [-0.25, -0.2) is 4.39 Å². The normalized spacial score (nSPS) is 15.4. The van der Waals surface area contributed by atoms with Gasteiger partial charge >= 0.3 is 0 Å². The molecule has 3 rings (SSSR count). The van der Waals surface area contributed by atoms with Gasteiger partial charge in [-0.15, -0.1) is 0 Å². The molecule has 5 nitrogen and oxygen atoms in total. The maximum atomic E-state index is 13.8. The van der Waals surface area contributed by atoms with Gasteiger partial charge in [-0.2, -0.15) is 0 Å². The van der Waals surface area contributed by atoms with Crippen molar-refractivity contribution in [2.24, 2.45) is 0 Å². The number of rotatable bonds is 5. The summed E-state index contributed by atoms with van der Waals surface area (Å²) in [6.45, 7) is 0.0959. The first-order valence-electron chi connectivity index (χ1n) is 8.03. The third-order valence-electron chi connectivity index (χ3n) is 3.81. The van der Waals surface area contributed by atoms with E-state index >= 15 is 0 Å². The van der Waals surface area contributed by atoms with Crippen molar-refractivity contribution in [2.45, 2.75) is 6.42 Å². The van der Waals surface area contributed by atoms with Gasteiger partial charge < -0.3 is 10.4 Å². The largest absolute Gasteiger partial charge is 0.506 e. The fourth-order valence-electron chi connectivity index (χ4n) is 2.43. The molecular formula is C19H15FN2O3S2. The monoisotopic (exact) mass is 402 g/mol. The number of nitrogens with zero attached hydrogens (tertiary/aromatic N) is 1. The van der Waals surface area contributed by atoms with Gasteiger partial charge in [-0.1, -0.05) is 54.3 Å². The van der Waals surface area contributed by atoms with E-state index in [0.717, 1.165) is 11.8 Å². The Bertz CT molecular complexity index is 946. The standard InChI is InChI=1S/C19H15FN2O3S2/c20-13-6-2-1-5-12(13)11-16-18(25)22(19(26)27-16)10-9-17(24)21-14-7-3-4-8-15(14)23/h1-8,11,23H,9-10H2,(H,21,24). The molecule has 0 bridgehead atoms. The van der Waals surface area contributed by atoms with E-state index in [4.69, 9.17) is 12.2 Å². The maximum absolute atomic E-state index is 13.8. The molecule has 0 saturated carbocycles. The molecule has 0 unspecified atom stereocenters. The quantitative estimate of drug-likeness (QED) is 0.453. The van der Waals surface area contributed by atoms with Crippen LogP contribution in [0.4, 0.5) is 10.1 Å². The first-order chi connectivity index (χ1) is 13.0. The number of carbonyl (C=O) groups is 2. The molecule has 0 spiro atoms. The highest BCUT2D eigenvalue weighted by atomic mass is 32.2. The van der Waals surface area contributed by atoms with Crippen LogP contribution < -0.4 is 5.32 Å². The molecule has 0 aromatic heterocycles. The number of nitrogens with one attached hydrogen (secondary N) is 1. The summed E-state index contributed by atoms with van der Waals surface area (Å²) in [6.07, 6.45) is 1.46. The molecule has 1 saturated heterocycles. The number of anilines is 1. The maximum Gasteiger partial charge on any atom is 0.266 e. The van der Waals surface area contributed by atoms with Crippen molar-refractivity contribution in [1.29, 1.82) is 0 Å². The van der Waals surface area contributed by atoms with Gasteiger partial charge in [-0.05, 0) is 24.3 Å². The number of halogens is 1. The second-order valence-electron chi connectivity index (χ2n) is 5.67. The highest BCUT2D eigenvalue weighted by molar-refractivity contribution is 8.26. The number of para-hydroxylation sites is 2. The molecule has 2 N–H and O–H groups in total. The summed E-state index contributed by atoms with van der Waals surface area (Å²) in [4.78, 5) is 26.2. The summed E-state index contributed by atoms with van der Waals surface area (Å²) in [7, 11) is 0. The molecule has 0 radical (unpaired) electrons. The second-order valence-corrected chi connectivity index (χ2v) is 7.35. The number of benzene rings is 2. The lowest BCUT2D eigenvalue weighted by Gasteiger charge is -2.14. The van der Waals surface area contributed by atoms with Gasteiger partial charge in [0.15, 0.2) is 0 Å². The zero-order valence-corrected chi connectivity index (χ0v) is 15.6. The Morgan fingerprint density at radius 1 is 1.22 bits per heavy atom. The predicted molar refractivity (Wildman–Crippen MR) is 108 cm³/mol. The molecule has 2 aromatic rings. The molecule has 0 aliphatic carbocycles. The van der Waals surface area contributed by atoms with Crippen LogP contribution >= 0.6 is 24.0 Å². The predicted octanol–water partition coefficient (Wildman–Crippen LogP) is 3.76. The van der Waals surface area contributed by atoms with Gasteiger partial charge in [0.2, 0.25) is 5.91 Å². The third-order valence-corrected chi connectivity index (χ3v) is 5.18. The molecule has 1 heterocycles. The topological polar surface area (TPSA) is 69.6 Å². The fraction of sp³-hybridized carbons (Fsp3) is 0.105. The molecule has 2 amide bonds. The van der Waals surface area contributed by atoms with Crippen molar-refractivity contribution in [2.75, 3.05) is 11.9 Å². The number of phenolic OH excluding ortho intramolecular Hbond substituents is 1. The Balaban J connectivity index is 1.63. The van der Waals surface area contributed by atoms with Crippen molar-refractivity contribution in [3.63, 3.8) is 0 Å². The van der Waals surface area contributed by atoms with Crippen LogP contribution in [0, 0.1) is 5.82 Å². The molecule has 138 valence electrons. The Morgan fingerprint density at radius 3 is 2.67 bits per heavy atom. The van der Waals surface area contributed by atoms with E-state index in [-0.39, 0.29) is 30.5 Å². The van der Waals surface area contributed by atoms with Crippen LogP contribution in [0.15, 0.2) is 53.4 Å². The number of thiocarbonyl (C=S) groups is 1. The first kappa shape index (κ1) is 19.1. The van der Waals surface area contributed by atoms with E-state index in [9.17, 15) is 19.1 Å². The van der Waals surface area contributed by atoms with Crippen molar-refractivity contribution < 1.29 is 19.1 Å². The molecular weight excluding hydrogens is 387 g/mol. The Labute approximate surface area is 164 Å². The first-order valence-corrected chi connectivity index (χ1v) is 9.26. The molecule has 8 heteroatoms. The van der Waals surface area contributed by atoms with E-state index in [1.807, 2.05) is 0 Å². The van der Waals surface area contributed by atoms with Gasteiger partial charge in [-0.3, -0.25) is 14.5 Å². The SMILES string of the molecule is O=C(CCN1C(=O)C(=Cc2ccccc2F)SC1=S)Nc1ccccc1O. The van der Waals surface area contributed by atoms with Crippen molar-refractivity contribution in [1.82, 2.24) is 4.90 Å². The summed E-state index contributed by atoms with van der Waals surface area (Å²) in [6, 6.07) is 12.5. The number of aromatic hydroxyl groups is 1. The Hall–Kier alpha value is -2.71. The number of hydrogen-bond acceptors (Lipinski definition) is 5. The highest BCUT2D eigenvalue weighted by Gasteiger charge is 2.32. The Morgan fingerprint density at radius 2 is 1.93 bits per heavy atom. The zero-order valence-electron chi connectivity index (χ0n) is 14.0. The van der Waals surface area contributed by atoms with Gasteiger partial charge in [0.25, 0.3) is 5.91 Å². The lowest BCUT2D eigenvalue weighted by atomic mass is 10.2. The average Bonchev–Trinajstić information content (AvgIpc) is 2.90. The molecule has 1 fully saturated rings. The van der Waals surface area contributed by atoms with Crippen LogP contribution in [-0.2, 0) is 9.59 Å². The summed E-state index contributed by atoms with van der Waals surface area (Å²) in [5.74, 6) is -1.18. The minimum Gasteiger partial charge on any atom is -0.506 e. The minimum atomic E-state index is -0.426. The summed E-state index contributed by atoms with van der Waals surface area (Å²) >= 11 is 6.28. The lowest BCUT2D eigenvalue weighted by molar-refractivity contribution is -0.122. The summed E-state index contributed by atoms with van der Waals surface area (Å²) in [5.41, 5.74) is 0.600. The smallest absolute Gasteiger partial charge is 0.266 e. The number of thioether (sulfide) groups is 1. The zero-order chi connectivity index (χ0) is 19.4. The minimum absolute atomic E-state index is 0.00769. The third kappa shape index (κ3) is 4.53. The molecule has 0 atom stereocenters. The van der Waals surface area contributed by atoms with Crippen molar-refractivity contribution in [3.05, 3.63) is 64.8 Å². The lowest BCUT2D eigenvalue weighted by Crippen LogP contribution is -2.31. The number of hydrogen-bond donors (Lipinski definition) is 2. The van der Waals surface area contributed by atoms with Crippen LogP contribution in [0.3, 0.4) is 0 Å². The van der Waals surface area contributed by atoms with Crippen molar-refractivity contribution in [3.8, 4) is 5.75 Å². The average molecular weight is 402 g/mol. The van der Waals surface area contributed by atoms with E-state index < -0.39 is 5.82 Å². The second kappa shape index (κ2) is 8.32. The van der Waals surface area contributed by atoms with E-state index in [2.05, 4.69) is 5.32 Å². The molecule has 1 aliphatic rings. The van der Waals surface area contributed by atoms with Crippen LogP contribution in [0.1, 0.15) is 12.0 Å². The van der Waals surface area contributed by atoms with E-state index in [1.165, 1.54) is 23.1 Å². The highest BCUT2D eigenvalue weighted by Crippen LogP contribution is 2.33. The van der Waals surface area contributed by atoms with E-state index in [0.29, 0.717) is 20.5 Å². The number of phenols is 1. The Kier molecular flexibility index (Phi) is 5.88. The molecule has 27 heavy (non-hydrogen) atoms. The van der Waals surface area contributed by atoms with Crippen LogP contribution in [-0.4, -0.2) is 32.7 Å². The van der Waals surface area contributed by atoms with E-state index in [1.54, 1.807) is 36.4 Å². The number of amides is 2. The van der Waals surface area contributed by atoms with Gasteiger partial charge in [0.05, 0.1) is 10.6 Å². The van der Waals surface area contributed by atoms with Crippen LogP contribution in [0.2, 0.25) is 0 Å². The number of carbonyl (C=O) groups excluding carboxylic acids is 2. The van der Waals surface area contributed by atoms with Gasteiger partial charge in [0.1, 0.15) is 15.9 Å². The van der Waals surface area contributed by atoms with Crippen LogP contribution in [0.25, 0.3) is 6.08 Å². The summed E-state index contributed by atoms with van der Waals surface area (Å²) in [5, 5.41) is 12.3. The molecule has 2 aromatic carbocycles. The van der Waals surface area contributed by atoms with Crippen LogP contribution in [0.5, 0.6) is 5.75 Å². The van der Waals surface area contributed by atoms with Gasteiger partial charge in [0, 0.05) is 18.5 Å². The fourth-order valence-corrected chi connectivity index (χ4v) is 3.73. The summed E-state index contributed by atoms with van der Waals surface area (Å²) < 4.78 is 14.1. The van der Waals surface area contributed by atoms with Crippen molar-refractivity contribution >= 4 is 51.9 Å². The molecule has 1 aliphatic heterocycles.